The zero-order valence-corrected chi connectivity index (χ0v) is 11.4. The standard InChI is InChI=1S/C10H18ClN3O2S/c1-9-10(8-12-14-9)17(15,16)13-7-5-3-2-4-6-11/h8,13H,2-7H2,1H3,(H,12,14). The Balaban J connectivity index is 2.34. The number of aromatic nitrogens is 2. The van der Waals surface area contributed by atoms with Crippen LogP contribution in [0.1, 0.15) is 31.4 Å². The summed E-state index contributed by atoms with van der Waals surface area (Å²) >= 11 is 5.55. The first-order chi connectivity index (χ1) is 8.08. The number of aromatic amines is 1. The third kappa shape index (κ3) is 4.65. The van der Waals surface area contributed by atoms with Gasteiger partial charge in [-0.15, -0.1) is 11.6 Å². The molecule has 0 aliphatic heterocycles. The van der Waals surface area contributed by atoms with E-state index in [0.717, 1.165) is 25.7 Å². The number of rotatable bonds is 8. The van der Waals surface area contributed by atoms with E-state index < -0.39 is 10.0 Å². The van der Waals surface area contributed by atoms with E-state index in [4.69, 9.17) is 11.6 Å². The highest BCUT2D eigenvalue weighted by molar-refractivity contribution is 7.89. The number of hydrogen-bond donors (Lipinski definition) is 2. The molecule has 0 fully saturated rings. The highest BCUT2D eigenvalue weighted by Gasteiger charge is 2.17. The molecule has 0 saturated heterocycles. The summed E-state index contributed by atoms with van der Waals surface area (Å²) in [5.41, 5.74) is 0.555. The summed E-state index contributed by atoms with van der Waals surface area (Å²) in [6, 6.07) is 0. The second kappa shape index (κ2) is 6.98. The largest absolute Gasteiger partial charge is 0.281 e. The van der Waals surface area contributed by atoms with Gasteiger partial charge in [0.2, 0.25) is 10.0 Å². The van der Waals surface area contributed by atoms with Crippen molar-refractivity contribution in [2.24, 2.45) is 0 Å². The molecule has 0 atom stereocenters. The van der Waals surface area contributed by atoms with Crippen LogP contribution in [0.3, 0.4) is 0 Å². The van der Waals surface area contributed by atoms with Crippen molar-refractivity contribution in [1.82, 2.24) is 14.9 Å². The second-order valence-corrected chi connectivity index (χ2v) is 5.97. The minimum absolute atomic E-state index is 0.221. The van der Waals surface area contributed by atoms with Gasteiger partial charge in [0.25, 0.3) is 0 Å². The van der Waals surface area contributed by atoms with Crippen LogP contribution in [-0.2, 0) is 10.0 Å². The first-order valence-corrected chi connectivity index (χ1v) is 7.65. The van der Waals surface area contributed by atoms with Crippen molar-refractivity contribution in [3.05, 3.63) is 11.9 Å². The Kier molecular flexibility index (Phi) is 5.94. The van der Waals surface area contributed by atoms with Gasteiger partial charge in [-0.05, 0) is 19.8 Å². The number of aryl methyl sites for hydroxylation is 1. The lowest BCUT2D eigenvalue weighted by Gasteiger charge is -2.05. The third-order valence-corrected chi connectivity index (χ3v) is 4.27. The van der Waals surface area contributed by atoms with Gasteiger partial charge in [-0.2, -0.15) is 5.10 Å². The maximum absolute atomic E-state index is 11.8. The molecule has 98 valence electrons. The summed E-state index contributed by atoms with van der Waals surface area (Å²) in [6.07, 6.45) is 5.16. The maximum Gasteiger partial charge on any atom is 0.243 e. The van der Waals surface area contributed by atoms with Crippen LogP contribution in [0, 0.1) is 6.92 Å². The van der Waals surface area contributed by atoms with E-state index in [0.29, 0.717) is 18.1 Å². The van der Waals surface area contributed by atoms with Gasteiger partial charge in [-0.25, -0.2) is 13.1 Å². The Labute approximate surface area is 107 Å². The van der Waals surface area contributed by atoms with E-state index in [1.807, 2.05) is 0 Å². The monoisotopic (exact) mass is 279 g/mol. The molecular weight excluding hydrogens is 262 g/mol. The lowest BCUT2D eigenvalue weighted by atomic mass is 10.2. The van der Waals surface area contributed by atoms with Gasteiger partial charge < -0.3 is 0 Å². The van der Waals surface area contributed by atoms with Gasteiger partial charge in [0, 0.05) is 12.4 Å². The molecule has 0 aliphatic rings. The third-order valence-electron chi connectivity index (χ3n) is 2.43. The molecule has 0 bridgehead atoms. The molecule has 0 saturated carbocycles. The van der Waals surface area contributed by atoms with E-state index in [9.17, 15) is 8.42 Å². The molecule has 0 amide bonds. The van der Waals surface area contributed by atoms with Gasteiger partial charge in [0.15, 0.2) is 0 Å². The zero-order chi connectivity index (χ0) is 12.7. The van der Waals surface area contributed by atoms with Crippen molar-refractivity contribution in [1.29, 1.82) is 0 Å². The molecule has 1 rings (SSSR count). The van der Waals surface area contributed by atoms with E-state index in [1.165, 1.54) is 6.20 Å². The van der Waals surface area contributed by atoms with Crippen molar-refractivity contribution < 1.29 is 8.42 Å². The van der Waals surface area contributed by atoms with Crippen molar-refractivity contribution in [2.45, 2.75) is 37.5 Å². The number of alkyl halides is 1. The van der Waals surface area contributed by atoms with E-state index in [1.54, 1.807) is 6.92 Å². The number of unbranched alkanes of at least 4 members (excludes halogenated alkanes) is 3. The topological polar surface area (TPSA) is 74.8 Å². The van der Waals surface area contributed by atoms with Gasteiger partial charge in [0.1, 0.15) is 4.90 Å². The average molecular weight is 280 g/mol. The number of nitrogens with one attached hydrogen (secondary N) is 2. The molecular formula is C10H18ClN3O2S. The van der Waals surface area contributed by atoms with Crippen molar-refractivity contribution >= 4 is 21.6 Å². The second-order valence-electron chi connectivity index (χ2n) is 3.86. The van der Waals surface area contributed by atoms with Crippen LogP contribution in [0.2, 0.25) is 0 Å². The lowest BCUT2D eigenvalue weighted by molar-refractivity contribution is 0.573. The van der Waals surface area contributed by atoms with Gasteiger partial charge in [-0.1, -0.05) is 12.8 Å². The van der Waals surface area contributed by atoms with Gasteiger partial charge >= 0.3 is 0 Å². The molecule has 1 aromatic rings. The summed E-state index contributed by atoms with van der Waals surface area (Å²) in [7, 11) is -3.41. The summed E-state index contributed by atoms with van der Waals surface area (Å²) < 4.78 is 26.2. The van der Waals surface area contributed by atoms with E-state index in [-0.39, 0.29) is 4.90 Å². The van der Waals surface area contributed by atoms with Crippen molar-refractivity contribution in [2.75, 3.05) is 12.4 Å². The molecule has 0 spiro atoms. The Morgan fingerprint density at radius 2 is 2.06 bits per heavy atom. The van der Waals surface area contributed by atoms with E-state index >= 15 is 0 Å². The van der Waals surface area contributed by atoms with Gasteiger partial charge in [-0.3, -0.25) is 5.10 Å². The smallest absolute Gasteiger partial charge is 0.243 e. The molecule has 0 radical (unpaired) electrons. The maximum atomic E-state index is 11.8. The predicted octanol–water partition coefficient (Wildman–Crippen LogP) is 1.80. The average Bonchev–Trinajstić information content (AvgIpc) is 2.70. The Hall–Kier alpha value is -0.590. The molecule has 17 heavy (non-hydrogen) atoms. The molecule has 2 N–H and O–H groups in total. The highest BCUT2D eigenvalue weighted by atomic mass is 35.5. The number of sulfonamides is 1. The van der Waals surface area contributed by atoms with Crippen LogP contribution in [0.25, 0.3) is 0 Å². The summed E-state index contributed by atoms with van der Waals surface area (Å²) in [4.78, 5) is 0.221. The number of nitrogens with zero attached hydrogens (tertiary/aromatic N) is 1. The number of H-pyrrole nitrogens is 1. The van der Waals surface area contributed by atoms with Crippen LogP contribution in [0.15, 0.2) is 11.1 Å². The van der Waals surface area contributed by atoms with Crippen LogP contribution in [0.4, 0.5) is 0 Å². The first kappa shape index (κ1) is 14.5. The minimum Gasteiger partial charge on any atom is -0.281 e. The molecule has 0 unspecified atom stereocenters. The Morgan fingerprint density at radius 3 is 2.65 bits per heavy atom. The summed E-state index contributed by atoms with van der Waals surface area (Å²) in [6.45, 7) is 2.14. The highest BCUT2D eigenvalue weighted by Crippen LogP contribution is 2.10. The van der Waals surface area contributed by atoms with Crippen molar-refractivity contribution in [3.8, 4) is 0 Å². The summed E-state index contributed by atoms with van der Waals surface area (Å²) in [5, 5.41) is 6.31. The fourth-order valence-corrected chi connectivity index (χ4v) is 2.87. The van der Waals surface area contributed by atoms with Crippen LogP contribution in [0.5, 0.6) is 0 Å². The van der Waals surface area contributed by atoms with E-state index in [2.05, 4.69) is 14.9 Å². The zero-order valence-electron chi connectivity index (χ0n) is 9.87. The molecule has 1 aromatic heterocycles. The number of hydrogen-bond acceptors (Lipinski definition) is 3. The summed E-state index contributed by atoms with van der Waals surface area (Å²) in [5.74, 6) is 0.667. The molecule has 0 aliphatic carbocycles. The lowest BCUT2D eigenvalue weighted by Crippen LogP contribution is -2.25. The molecule has 0 aromatic carbocycles. The van der Waals surface area contributed by atoms with Crippen LogP contribution in [-0.4, -0.2) is 31.0 Å². The Bertz CT molecular complexity index is 431. The fourth-order valence-electron chi connectivity index (χ4n) is 1.47. The molecule has 5 nitrogen and oxygen atoms in total. The SMILES string of the molecule is Cc1[nH]ncc1S(=O)(=O)NCCCCCCCl. The Morgan fingerprint density at radius 1 is 1.35 bits per heavy atom. The normalized spacial score (nSPS) is 11.9. The predicted molar refractivity (Wildman–Crippen MR) is 67.7 cm³/mol. The molecule has 1 heterocycles. The number of halogens is 1. The fraction of sp³-hybridized carbons (Fsp3) is 0.700. The minimum atomic E-state index is -3.41. The quantitative estimate of drug-likeness (QED) is 0.563. The van der Waals surface area contributed by atoms with Crippen molar-refractivity contribution in [3.63, 3.8) is 0 Å². The van der Waals surface area contributed by atoms with Crippen LogP contribution < -0.4 is 4.72 Å². The molecule has 7 heteroatoms. The van der Waals surface area contributed by atoms with Gasteiger partial charge in [0.05, 0.1) is 11.9 Å². The first-order valence-electron chi connectivity index (χ1n) is 5.63. The van der Waals surface area contributed by atoms with Crippen LogP contribution >= 0.6 is 11.6 Å².